The molecular formula is C19H20ClN3O2S. The van der Waals surface area contributed by atoms with E-state index in [1.807, 2.05) is 13.8 Å². The number of carbonyl (C=O) groups excluding carboxylic acids is 2. The number of amides is 2. The molecule has 3 N–H and O–H groups in total. The molecule has 2 aromatic carbocycles. The number of nitrogens with one attached hydrogen (secondary N) is 3. The molecule has 2 amide bonds. The van der Waals surface area contributed by atoms with Gasteiger partial charge in [0, 0.05) is 22.3 Å². The van der Waals surface area contributed by atoms with Gasteiger partial charge in [-0.1, -0.05) is 29.8 Å². The fourth-order valence-corrected chi connectivity index (χ4v) is 2.56. The minimum Gasteiger partial charge on any atom is -0.350 e. The second kappa shape index (κ2) is 9.31. The summed E-state index contributed by atoms with van der Waals surface area (Å²) in [5.41, 5.74) is 1.97. The molecule has 136 valence electrons. The highest BCUT2D eigenvalue weighted by atomic mass is 35.5. The third-order valence-corrected chi connectivity index (χ3v) is 3.79. The fraction of sp³-hybridized carbons (Fsp3) is 0.211. The molecule has 0 heterocycles. The Labute approximate surface area is 163 Å². The monoisotopic (exact) mass is 389 g/mol. The number of carbonyl (C=O) groups is 2. The van der Waals surface area contributed by atoms with Crippen molar-refractivity contribution < 1.29 is 9.59 Å². The van der Waals surface area contributed by atoms with Crippen LogP contribution in [0.1, 0.15) is 29.8 Å². The Morgan fingerprint density at radius 3 is 2.46 bits per heavy atom. The van der Waals surface area contributed by atoms with Gasteiger partial charge in [-0.15, -0.1) is 0 Å². The molecule has 0 aliphatic carbocycles. The quantitative estimate of drug-likeness (QED) is 0.684. The van der Waals surface area contributed by atoms with E-state index in [4.69, 9.17) is 23.8 Å². The maximum absolute atomic E-state index is 12.1. The van der Waals surface area contributed by atoms with Gasteiger partial charge in [-0.05, 0) is 62.0 Å². The van der Waals surface area contributed by atoms with Gasteiger partial charge in [-0.25, -0.2) is 0 Å². The molecule has 0 aliphatic rings. The van der Waals surface area contributed by atoms with Crippen molar-refractivity contribution >= 4 is 46.4 Å². The summed E-state index contributed by atoms with van der Waals surface area (Å²) < 4.78 is 0. The van der Waals surface area contributed by atoms with E-state index in [1.165, 1.54) is 0 Å². The van der Waals surface area contributed by atoms with Crippen LogP contribution >= 0.6 is 23.8 Å². The summed E-state index contributed by atoms with van der Waals surface area (Å²) >= 11 is 11.0. The smallest absolute Gasteiger partial charge is 0.251 e. The Kier molecular flexibility index (Phi) is 7.12. The molecule has 0 aromatic heterocycles. The second-order valence-corrected chi connectivity index (χ2v) is 6.86. The number of anilines is 1. The lowest BCUT2D eigenvalue weighted by Gasteiger charge is -2.12. The van der Waals surface area contributed by atoms with Crippen molar-refractivity contribution in [2.75, 3.05) is 5.32 Å². The Bertz CT molecular complexity index is 807. The molecule has 2 aromatic rings. The van der Waals surface area contributed by atoms with Gasteiger partial charge in [-0.3, -0.25) is 9.59 Å². The van der Waals surface area contributed by atoms with Crippen LogP contribution in [0, 0.1) is 0 Å². The van der Waals surface area contributed by atoms with Crippen LogP contribution in [-0.2, 0) is 11.2 Å². The summed E-state index contributed by atoms with van der Waals surface area (Å²) in [5, 5.41) is 9.15. The number of halogens is 1. The van der Waals surface area contributed by atoms with Gasteiger partial charge in [0.2, 0.25) is 5.91 Å². The third-order valence-electron chi connectivity index (χ3n) is 3.33. The predicted octanol–water partition coefficient (Wildman–Crippen LogP) is 3.53. The average molecular weight is 390 g/mol. The molecule has 0 fully saturated rings. The summed E-state index contributed by atoms with van der Waals surface area (Å²) in [5.74, 6) is -0.403. The SMILES string of the molecule is CC(C)NC(=O)c1cccc(NC(=S)NC(=O)Cc2ccc(Cl)cc2)c1. The highest BCUT2D eigenvalue weighted by Crippen LogP contribution is 2.12. The largest absolute Gasteiger partial charge is 0.350 e. The zero-order valence-electron chi connectivity index (χ0n) is 14.5. The summed E-state index contributed by atoms with van der Waals surface area (Å²) in [6, 6.07) is 14.0. The molecule has 0 unspecified atom stereocenters. The van der Waals surface area contributed by atoms with Crippen LogP contribution in [0.5, 0.6) is 0 Å². The van der Waals surface area contributed by atoms with Crippen LogP contribution in [0.2, 0.25) is 5.02 Å². The van der Waals surface area contributed by atoms with Crippen molar-refractivity contribution in [3.8, 4) is 0 Å². The fourth-order valence-electron chi connectivity index (χ4n) is 2.20. The number of thiocarbonyl (C=S) groups is 1. The number of hydrogen-bond acceptors (Lipinski definition) is 3. The van der Waals surface area contributed by atoms with Crippen molar-refractivity contribution in [3.63, 3.8) is 0 Å². The minimum absolute atomic E-state index is 0.0485. The standard InChI is InChI=1S/C19H20ClN3O2S/c1-12(2)21-18(25)14-4-3-5-16(11-14)22-19(26)23-17(24)10-13-6-8-15(20)9-7-13/h3-9,11-12H,10H2,1-2H3,(H,21,25)(H2,22,23,24,26). The van der Waals surface area contributed by atoms with Crippen molar-refractivity contribution in [3.05, 3.63) is 64.7 Å². The molecule has 7 heteroatoms. The van der Waals surface area contributed by atoms with E-state index in [1.54, 1.807) is 48.5 Å². The van der Waals surface area contributed by atoms with Crippen LogP contribution in [0.15, 0.2) is 48.5 Å². The average Bonchev–Trinajstić information content (AvgIpc) is 2.56. The molecule has 0 atom stereocenters. The van der Waals surface area contributed by atoms with E-state index in [9.17, 15) is 9.59 Å². The lowest BCUT2D eigenvalue weighted by atomic mass is 10.1. The first-order chi connectivity index (χ1) is 12.3. The number of rotatable bonds is 5. The van der Waals surface area contributed by atoms with E-state index in [2.05, 4.69) is 16.0 Å². The lowest BCUT2D eigenvalue weighted by molar-refractivity contribution is -0.119. The second-order valence-electron chi connectivity index (χ2n) is 6.01. The molecule has 0 saturated heterocycles. The third kappa shape index (κ3) is 6.46. The molecule has 0 bridgehead atoms. The normalized spacial score (nSPS) is 10.3. The summed E-state index contributed by atoms with van der Waals surface area (Å²) in [6.07, 6.45) is 0.190. The zero-order valence-corrected chi connectivity index (χ0v) is 16.1. The van der Waals surface area contributed by atoms with Gasteiger partial charge in [0.25, 0.3) is 5.91 Å². The summed E-state index contributed by atoms with van der Waals surface area (Å²) in [7, 11) is 0. The molecular weight excluding hydrogens is 370 g/mol. The van der Waals surface area contributed by atoms with Crippen molar-refractivity contribution in [1.29, 1.82) is 0 Å². The van der Waals surface area contributed by atoms with E-state index in [0.717, 1.165) is 5.56 Å². The highest BCUT2D eigenvalue weighted by molar-refractivity contribution is 7.80. The van der Waals surface area contributed by atoms with Gasteiger partial charge in [-0.2, -0.15) is 0 Å². The van der Waals surface area contributed by atoms with E-state index >= 15 is 0 Å². The van der Waals surface area contributed by atoms with Crippen molar-refractivity contribution in [1.82, 2.24) is 10.6 Å². The van der Waals surface area contributed by atoms with Crippen LogP contribution in [0.4, 0.5) is 5.69 Å². The van der Waals surface area contributed by atoms with Crippen LogP contribution in [0.3, 0.4) is 0 Å². The molecule has 0 saturated carbocycles. The van der Waals surface area contributed by atoms with E-state index in [-0.39, 0.29) is 29.4 Å². The molecule has 26 heavy (non-hydrogen) atoms. The first-order valence-corrected chi connectivity index (χ1v) is 8.88. The van der Waals surface area contributed by atoms with Crippen LogP contribution in [0.25, 0.3) is 0 Å². The van der Waals surface area contributed by atoms with Crippen molar-refractivity contribution in [2.24, 2.45) is 0 Å². The van der Waals surface area contributed by atoms with E-state index in [0.29, 0.717) is 16.3 Å². The maximum atomic E-state index is 12.1. The Morgan fingerprint density at radius 1 is 1.12 bits per heavy atom. The first kappa shape index (κ1) is 19.9. The molecule has 5 nitrogen and oxygen atoms in total. The summed E-state index contributed by atoms with van der Waals surface area (Å²) in [4.78, 5) is 24.1. The molecule has 0 spiro atoms. The number of benzene rings is 2. The zero-order chi connectivity index (χ0) is 19.1. The van der Waals surface area contributed by atoms with Crippen molar-refractivity contribution in [2.45, 2.75) is 26.3 Å². The van der Waals surface area contributed by atoms with E-state index < -0.39 is 0 Å². The number of hydrogen-bond donors (Lipinski definition) is 3. The maximum Gasteiger partial charge on any atom is 0.251 e. The minimum atomic E-state index is -0.237. The van der Waals surface area contributed by atoms with Gasteiger partial charge >= 0.3 is 0 Å². The first-order valence-electron chi connectivity index (χ1n) is 8.09. The van der Waals surface area contributed by atoms with Crippen LogP contribution < -0.4 is 16.0 Å². The lowest BCUT2D eigenvalue weighted by Crippen LogP contribution is -2.35. The summed E-state index contributed by atoms with van der Waals surface area (Å²) in [6.45, 7) is 3.79. The Hall–Kier alpha value is -2.44. The topological polar surface area (TPSA) is 70.2 Å². The molecule has 2 rings (SSSR count). The van der Waals surface area contributed by atoms with Gasteiger partial charge in [0.15, 0.2) is 5.11 Å². The van der Waals surface area contributed by atoms with Gasteiger partial charge < -0.3 is 16.0 Å². The highest BCUT2D eigenvalue weighted by Gasteiger charge is 2.09. The van der Waals surface area contributed by atoms with Gasteiger partial charge in [0.1, 0.15) is 0 Å². The Morgan fingerprint density at radius 2 is 1.81 bits per heavy atom. The Balaban J connectivity index is 1.91. The molecule has 0 aliphatic heterocycles. The molecule has 0 radical (unpaired) electrons. The predicted molar refractivity (Wildman–Crippen MR) is 109 cm³/mol. The van der Waals surface area contributed by atoms with Crippen LogP contribution in [-0.4, -0.2) is 23.0 Å². The van der Waals surface area contributed by atoms with Gasteiger partial charge in [0.05, 0.1) is 6.42 Å².